The maximum absolute atomic E-state index is 15.2. The van der Waals surface area contributed by atoms with E-state index in [1.807, 2.05) is 6.07 Å². The van der Waals surface area contributed by atoms with Crippen LogP contribution in [0.1, 0.15) is 42.9 Å². The molecule has 0 saturated heterocycles. The average Bonchev–Trinajstić information content (AvgIpc) is 2.85. The fourth-order valence-corrected chi connectivity index (χ4v) is 4.47. The lowest BCUT2D eigenvalue weighted by molar-refractivity contribution is -0.276. The minimum atomic E-state index is -5.24. The molecule has 200 valence electrons. The molecule has 1 nitrogen and oxygen atoms in total. The predicted molar refractivity (Wildman–Crippen MR) is 133 cm³/mol. The molecule has 0 N–H and O–H groups in total. The molecule has 0 aliphatic rings. The van der Waals surface area contributed by atoms with Crippen LogP contribution >= 0.6 is 0 Å². The lowest BCUT2D eigenvalue weighted by Gasteiger charge is -2.12. The van der Waals surface area contributed by atoms with Gasteiger partial charge in [0.05, 0.1) is 0 Å². The first kappa shape index (κ1) is 27.5. The Bertz CT molecular complexity index is 1420. The van der Waals surface area contributed by atoms with Crippen LogP contribution in [0.15, 0.2) is 60.7 Å². The fourth-order valence-electron chi connectivity index (χ4n) is 4.47. The van der Waals surface area contributed by atoms with Crippen molar-refractivity contribution in [1.82, 2.24) is 0 Å². The molecule has 38 heavy (non-hydrogen) atoms. The number of halogens is 7. The Kier molecular flexibility index (Phi) is 8.29. The third-order valence-electron chi connectivity index (χ3n) is 6.41. The second kappa shape index (κ2) is 11.5. The summed E-state index contributed by atoms with van der Waals surface area (Å²) in [5.41, 5.74) is 2.27. The highest BCUT2D eigenvalue weighted by Crippen LogP contribution is 2.32. The van der Waals surface area contributed by atoms with Gasteiger partial charge in [-0.1, -0.05) is 56.2 Å². The molecule has 0 atom stereocenters. The van der Waals surface area contributed by atoms with E-state index < -0.39 is 29.6 Å². The monoisotopic (exact) mass is 534 g/mol. The highest BCUT2D eigenvalue weighted by molar-refractivity contribution is 5.88. The number of fused-ring (bicyclic) bond motifs is 1. The maximum atomic E-state index is 15.2. The third-order valence-corrected chi connectivity index (χ3v) is 6.41. The molecule has 0 bridgehead atoms. The van der Waals surface area contributed by atoms with Crippen molar-refractivity contribution in [3.63, 3.8) is 0 Å². The van der Waals surface area contributed by atoms with Crippen LogP contribution in [0.5, 0.6) is 5.75 Å². The first-order valence-corrected chi connectivity index (χ1v) is 12.3. The summed E-state index contributed by atoms with van der Waals surface area (Å²) in [4.78, 5) is 0. The van der Waals surface area contributed by atoms with E-state index in [2.05, 4.69) is 11.7 Å². The van der Waals surface area contributed by atoms with Crippen molar-refractivity contribution in [2.75, 3.05) is 0 Å². The summed E-state index contributed by atoms with van der Waals surface area (Å²) in [5.74, 6) is -5.40. The third kappa shape index (κ3) is 6.47. The van der Waals surface area contributed by atoms with E-state index in [-0.39, 0.29) is 29.8 Å². The molecular formula is C30H25F7O. The number of alkyl halides is 3. The van der Waals surface area contributed by atoms with E-state index in [9.17, 15) is 26.3 Å². The van der Waals surface area contributed by atoms with Crippen LogP contribution in [-0.4, -0.2) is 6.36 Å². The molecule has 0 spiro atoms. The summed E-state index contributed by atoms with van der Waals surface area (Å²) in [7, 11) is 0. The van der Waals surface area contributed by atoms with Crippen LogP contribution < -0.4 is 4.74 Å². The Morgan fingerprint density at radius 1 is 0.684 bits per heavy atom. The van der Waals surface area contributed by atoms with Gasteiger partial charge in [-0.2, -0.15) is 0 Å². The van der Waals surface area contributed by atoms with Gasteiger partial charge in [-0.05, 0) is 77.6 Å². The van der Waals surface area contributed by atoms with E-state index in [0.29, 0.717) is 21.9 Å². The lowest BCUT2D eigenvalue weighted by Crippen LogP contribution is -2.19. The van der Waals surface area contributed by atoms with E-state index in [1.165, 1.54) is 12.1 Å². The van der Waals surface area contributed by atoms with Crippen molar-refractivity contribution in [3.8, 4) is 16.9 Å². The molecule has 4 aromatic carbocycles. The van der Waals surface area contributed by atoms with E-state index in [0.717, 1.165) is 43.4 Å². The van der Waals surface area contributed by atoms with E-state index in [4.69, 9.17) is 0 Å². The van der Waals surface area contributed by atoms with Crippen LogP contribution in [0.4, 0.5) is 30.7 Å². The number of unbranched alkanes of at least 4 members (excludes halogenated alkanes) is 2. The molecule has 0 unspecified atom stereocenters. The SMILES string of the molecule is CCCCCc1ccc(-c2ccc3c(F)c(CCc4cc(F)c(OC(F)(F)F)c(F)c4)ccc3c2)c(F)c1. The molecule has 0 aromatic heterocycles. The first-order valence-electron chi connectivity index (χ1n) is 12.3. The second-order valence-electron chi connectivity index (χ2n) is 9.18. The minimum Gasteiger partial charge on any atom is -0.399 e. The molecule has 0 heterocycles. The molecule has 0 saturated carbocycles. The summed E-state index contributed by atoms with van der Waals surface area (Å²) in [5, 5.41) is 0.857. The van der Waals surface area contributed by atoms with Gasteiger partial charge in [-0.3, -0.25) is 0 Å². The van der Waals surface area contributed by atoms with Crippen LogP contribution in [0, 0.1) is 23.3 Å². The Morgan fingerprint density at radius 2 is 1.39 bits per heavy atom. The average molecular weight is 535 g/mol. The van der Waals surface area contributed by atoms with Gasteiger partial charge < -0.3 is 4.74 Å². The van der Waals surface area contributed by atoms with Crippen molar-refractivity contribution in [1.29, 1.82) is 0 Å². The Balaban J connectivity index is 1.52. The van der Waals surface area contributed by atoms with E-state index >= 15 is 4.39 Å². The highest BCUT2D eigenvalue weighted by atomic mass is 19.4. The number of ether oxygens (including phenoxy) is 1. The van der Waals surface area contributed by atoms with Gasteiger partial charge in [0.25, 0.3) is 0 Å². The quantitative estimate of drug-likeness (QED) is 0.154. The minimum absolute atomic E-state index is 0.0174. The van der Waals surface area contributed by atoms with Crippen LogP contribution in [-0.2, 0) is 19.3 Å². The lowest BCUT2D eigenvalue weighted by atomic mass is 9.96. The highest BCUT2D eigenvalue weighted by Gasteiger charge is 2.34. The van der Waals surface area contributed by atoms with Crippen molar-refractivity contribution >= 4 is 10.8 Å². The second-order valence-corrected chi connectivity index (χ2v) is 9.18. The van der Waals surface area contributed by atoms with Gasteiger partial charge in [0, 0.05) is 10.9 Å². The smallest absolute Gasteiger partial charge is 0.399 e. The van der Waals surface area contributed by atoms with Crippen LogP contribution in [0.3, 0.4) is 0 Å². The van der Waals surface area contributed by atoms with Crippen molar-refractivity contribution in [2.24, 2.45) is 0 Å². The molecule has 0 amide bonds. The number of hydrogen-bond donors (Lipinski definition) is 0. The molecule has 0 aliphatic heterocycles. The number of aryl methyl sites for hydroxylation is 3. The Hall–Kier alpha value is -3.55. The summed E-state index contributed by atoms with van der Waals surface area (Å²) in [6, 6.07) is 14.7. The number of hydrogen-bond acceptors (Lipinski definition) is 1. The van der Waals surface area contributed by atoms with Crippen molar-refractivity contribution in [3.05, 3.63) is 101 Å². The molecule has 8 heteroatoms. The largest absolute Gasteiger partial charge is 0.573 e. The topological polar surface area (TPSA) is 9.23 Å². The number of rotatable bonds is 9. The van der Waals surface area contributed by atoms with E-state index in [1.54, 1.807) is 30.3 Å². The molecular weight excluding hydrogens is 509 g/mol. The fraction of sp³-hybridized carbons (Fsp3) is 0.267. The summed E-state index contributed by atoms with van der Waals surface area (Å²) < 4.78 is 98.4. The standard InChI is InChI=1S/C30H25F7O/c1-2-3-4-5-18-7-12-23(25(31)14-18)21-11-13-24-22(17-21)10-9-20(28(24)34)8-6-19-15-26(32)29(27(33)16-19)38-30(35,36)37/h7,9-17H,2-6,8H2,1H3. The van der Waals surface area contributed by atoms with Gasteiger partial charge >= 0.3 is 6.36 Å². The molecule has 4 aromatic rings. The molecule has 4 rings (SSSR count). The van der Waals surface area contributed by atoms with Gasteiger partial charge in [0.1, 0.15) is 11.6 Å². The summed E-state index contributed by atoms with van der Waals surface area (Å²) in [6.07, 6.45) is -1.23. The van der Waals surface area contributed by atoms with Crippen LogP contribution in [0.2, 0.25) is 0 Å². The normalized spacial score (nSPS) is 11.8. The van der Waals surface area contributed by atoms with Gasteiger partial charge in [-0.25, -0.2) is 17.6 Å². The molecule has 0 fully saturated rings. The first-order chi connectivity index (χ1) is 18.1. The van der Waals surface area contributed by atoms with Crippen molar-refractivity contribution < 1.29 is 35.5 Å². The number of benzene rings is 4. The zero-order valence-electron chi connectivity index (χ0n) is 20.6. The molecule has 0 radical (unpaired) electrons. The predicted octanol–water partition coefficient (Wildman–Crippen LogP) is 9.48. The molecule has 0 aliphatic carbocycles. The zero-order valence-corrected chi connectivity index (χ0v) is 20.6. The van der Waals surface area contributed by atoms with Gasteiger partial charge in [-0.15, -0.1) is 13.2 Å². The van der Waals surface area contributed by atoms with Crippen LogP contribution in [0.25, 0.3) is 21.9 Å². The van der Waals surface area contributed by atoms with Gasteiger partial charge in [0.15, 0.2) is 11.6 Å². The Labute approximate surface area is 215 Å². The maximum Gasteiger partial charge on any atom is 0.573 e. The van der Waals surface area contributed by atoms with Crippen molar-refractivity contribution in [2.45, 2.75) is 51.8 Å². The summed E-state index contributed by atoms with van der Waals surface area (Å²) >= 11 is 0. The summed E-state index contributed by atoms with van der Waals surface area (Å²) in [6.45, 7) is 2.11. The Morgan fingerprint density at radius 3 is 2.05 bits per heavy atom. The zero-order chi connectivity index (χ0) is 27.4. The van der Waals surface area contributed by atoms with Gasteiger partial charge in [0.2, 0.25) is 5.75 Å².